The second-order valence-corrected chi connectivity index (χ2v) is 11.4. The summed E-state index contributed by atoms with van der Waals surface area (Å²) in [5.74, 6) is 1.97. The standard InChI is InChI=1S/C15H16N4.C9H10ClN3.C6H8BNO2/c1-10-2-3-11(8-16-10)13-4-5-14-15(18-13)17-12-6-7-19(14)9-12;10-8-2-1-7-9(12-8)11-6-3-4-13(7)5-6;1-5-2-3-6(4-8-5)7(9)10/h2-5,8,12H,6-7,9H2,1H3,(H,17,18);1-2,6H,3-5H2,(H,11,12);2-4,9-10H,1H3/t12-;6-;/m00./s1. The molecule has 8 rings (SSSR count). The first-order chi connectivity index (χ1) is 20.3. The Kier molecular flexibility index (Phi) is 8.14. The molecule has 4 aliphatic heterocycles. The van der Waals surface area contributed by atoms with Crippen LogP contribution in [-0.2, 0) is 0 Å². The minimum Gasteiger partial charge on any atom is -0.423 e. The van der Waals surface area contributed by atoms with Crippen molar-refractivity contribution < 1.29 is 10.0 Å². The molecule has 0 amide bonds. The van der Waals surface area contributed by atoms with E-state index in [-0.39, 0.29) is 0 Å². The monoisotopic (exact) mass is 584 g/mol. The first kappa shape index (κ1) is 28.2. The molecule has 0 saturated carbocycles. The molecule has 12 heteroatoms. The van der Waals surface area contributed by atoms with E-state index >= 15 is 0 Å². The van der Waals surface area contributed by atoms with Crippen molar-refractivity contribution in [3.63, 3.8) is 0 Å². The van der Waals surface area contributed by atoms with E-state index in [1.54, 1.807) is 12.1 Å². The van der Waals surface area contributed by atoms with Crippen LogP contribution >= 0.6 is 11.6 Å². The third-order valence-electron chi connectivity index (χ3n) is 7.89. The molecule has 216 valence electrons. The van der Waals surface area contributed by atoms with E-state index in [1.807, 2.05) is 38.2 Å². The fourth-order valence-corrected chi connectivity index (χ4v) is 5.74. The predicted molar refractivity (Wildman–Crippen MR) is 169 cm³/mol. The number of fused-ring (bicyclic) bond motifs is 8. The number of aryl methyl sites for hydroxylation is 2. The molecule has 2 atom stereocenters. The first-order valence-corrected chi connectivity index (χ1v) is 14.6. The number of rotatable bonds is 2. The molecule has 2 saturated heterocycles. The number of nitrogens with zero attached hydrogens (tertiary/aromatic N) is 6. The zero-order valence-electron chi connectivity index (χ0n) is 23.7. The van der Waals surface area contributed by atoms with E-state index in [4.69, 9.17) is 26.6 Å². The van der Waals surface area contributed by atoms with Crippen LogP contribution in [0.1, 0.15) is 24.2 Å². The Balaban J connectivity index is 0.000000120. The lowest BCUT2D eigenvalue weighted by molar-refractivity contribution is 0.425. The molecule has 0 radical (unpaired) electrons. The lowest BCUT2D eigenvalue weighted by atomic mass is 9.82. The van der Waals surface area contributed by atoms with Crippen LogP contribution in [0.2, 0.25) is 5.15 Å². The average molecular weight is 585 g/mol. The normalized spacial score (nSPS) is 18.8. The summed E-state index contributed by atoms with van der Waals surface area (Å²) in [6, 6.07) is 16.7. The SMILES string of the molecule is Cc1ccc(-c2ccc3c(n2)N[C@H]2CCN3C2)cn1.Cc1ccc(B(O)O)cn1.Clc1ccc2c(n1)N[C@H]1CCN2C1. The van der Waals surface area contributed by atoms with Gasteiger partial charge in [0.2, 0.25) is 0 Å². The minimum absolute atomic E-state index is 0.422. The van der Waals surface area contributed by atoms with Gasteiger partial charge in [0.15, 0.2) is 11.6 Å². The number of hydrogen-bond donors (Lipinski definition) is 4. The summed E-state index contributed by atoms with van der Waals surface area (Å²) in [5, 5.41) is 24.8. The van der Waals surface area contributed by atoms with E-state index in [9.17, 15) is 0 Å². The van der Waals surface area contributed by atoms with Gasteiger partial charge in [-0.05, 0) is 69.2 Å². The van der Waals surface area contributed by atoms with Gasteiger partial charge in [0, 0.05) is 73.1 Å². The highest BCUT2D eigenvalue weighted by atomic mass is 35.5. The van der Waals surface area contributed by atoms with E-state index in [0.29, 0.717) is 22.7 Å². The zero-order chi connectivity index (χ0) is 29.2. The van der Waals surface area contributed by atoms with Gasteiger partial charge in [-0.1, -0.05) is 17.7 Å². The third kappa shape index (κ3) is 6.28. The molecule has 0 unspecified atom stereocenters. The summed E-state index contributed by atoms with van der Waals surface area (Å²) in [5.41, 5.74) is 6.80. The number of aromatic nitrogens is 4. The van der Waals surface area contributed by atoms with Crippen molar-refractivity contribution in [1.82, 2.24) is 19.9 Å². The molecule has 4 N–H and O–H groups in total. The van der Waals surface area contributed by atoms with Gasteiger partial charge in [-0.25, -0.2) is 9.97 Å². The summed E-state index contributed by atoms with van der Waals surface area (Å²) in [4.78, 5) is 22.0. The molecule has 4 aliphatic rings. The highest BCUT2D eigenvalue weighted by Crippen LogP contribution is 2.36. The molecule has 0 aliphatic carbocycles. The Morgan fingerprint density at radius 2 is 1.36 bits per heavy atom. The van der Waals surface area contributed by atoms with Crippen LogP contribution in [0.4, 0.5) is 23.0 Å². The molecule has 0 aromatic carbocycles. The molecule has 10 nitrogen and oxygen atoms in total. The lowest BCUT2D eigenvalue weighted by Gasteiger charge is -2.27. The fourth-order valence-electron chi connectivity index (χ4n) is 5.60. The molecule has 2 fully saturated rings. The van der Waals surface area contributed by atoms with E-state index < -0.39 is 7.12 Å². The number of pyridine rings is 4. The Labute approximate surface area is 251 Å². The van der Waals surface area contributed by atoms with Crippen molar-refractivity contribution in [3.05, 3.63) is 77.5 Å². The van der Waals surface area contributed by atoms with Crippen molar-refractivity contribution in [2.45, 2.75) is 38.8 Å². The average Bonchev–Trinajstić information content (AvgIpc) is 3.57. The molecule has 42 heavy (non-hydrogen) atoms. The Hall–Kier alpha value is -3.93. The van der Waals surface area contributed by atoms with Gasteiger partial charge < -0.3 is 30.5 Å². The number of halogens is 1. The van der Waals surface area contributed by atoms with Gasteiger partial charge in [0.1, 0.15) is 5.15 Å². The maximum Gasteiger partial charge on any atom is 0.490 e. The van der Waals surface area contributed by atoms with Gasteiger partial charge in [-0.2, -0.15) is 0 Å². The fraction of sp³-hybridized carbons (Fsp3) is 0.333. The zero-order valence-corrected chi connectivity index (χ0v) is 24.5. The van der Waals surface area contributed by atoms with Gasteiger partial charge in [0.05, 0.1) is 17.1 Å². The van der Waals surface area contributed by atoms with Crippen molar-refractivity contribution in [1.29, 1.82) is 0 Å². The Morgan fingerprint density at radius 1 is 0.762 bits per heavy atom. The quantitative estimate of drug-likeness (QED) is 0.206. The van der Waals surface area contributed by atoms with Crippen LogP contribution in [0.3, 0.4) is 0 Å². The van der Waals surface area contributed by atoms with Crippen LogP contribution in [-0.4, -0.2) is 75.4 Å². The van der Waals surface area contributed by atoms with Crippen molar-refractivity contribution >= 4 is 47.2 Å². The topological polar surface area (TPSA) is 123 Å². The van der Waals surface area contributed by atoms with Gasteiger partial charge in [-0.3, -0.25) is 9.97 Å². The Bertz CT molecular complexity index is 1540. The van der Waals surface area contributed by atoms with E-state index in [0.717, 1.165) is 60.5 Å². The van der Waals surface area contributed by atoms with Crippen LogP contribution in [0.25, 0.3) is 11.3 Å². The van der Waals surface area contributed by atoms with E-state index in [1.165, 1.54) is 30.4 Å². The largest absolute Gasteiger partial charge is 0.490 e. The second-order valence-electron chi connectivity index (χ2n) is 11.0. The molecule has 8 heterocycles. The molecule has 0 spiro atoms. The highest BCUT2D eigenvalue weighted by Gasteiger charge is 2.31. The smallest absolute Gasteiger partial charge is 0.423 e. The number of hydrogen-bond acceptors (Lipinski definition) is 10. The summed E-state index contributed by atoms with van der Waals surface area (Å²) in [6.45, 7) is 8.33. The minimum atomic E-state index is -1.41. The maximum absolute atomic E-state index is 8.63. The number of nitrogens with one attached hydrogen (secondary N) is 2. The van der Waals surface area contributed by atoms with Gasteiger partial charge in [0.25, 0.3) is 0 Å². The second kappa shape index (κ2) is 12.1. The lowest BCUT2D eigenvalue weighted by Crippen LogP contribution is -2.32. The van der Waals surface area contributed by atoms with Crippen molar-refractivity contribution in [2.24, 2.45) is 0 Å². The summed E-state index contributed by atoms with van der Waals surface area (Å²) in [7, 11) is -1.41. The summed E-state index contributed by atoms with van der Waals surface area (Å²) in [6.07, 6.45) is 5.74. The van der Waals surface area contributed by atoms with Gasteiger partial charge >= 0.3 is 7.12 Å². The first-order valence-electron chi connectivity index (χ1n) is 14.2. The third-order valence-corrected chi connectivity index (χ3v) is 8.10. The molecular weight excluding hydrogens is 551 g/mol. The summed E-state index contributed by atoms with van der Waals surface area (Å²) >= 11 is 5.82. The van der Waals surface area contributed by atoms with Crippen LogP contribution in [0.5, 0.6) is 0 Å². The van der Waals surface area contributed by atoms with Crippen LogP contribution in [0.15, 0.2) is 60.9 Å². The van der Waals surface area contributed by atoms with Crippen molar-refractivity contribution in [2.75, 3.05) is 46.6 Å². The van der Waals surface area contributed by atoms with E-state index in [2.05, 4.69) is 53.6 Å². The summed E-state index contributed by atoms with van der Waals surface area (Å²) < 4.78 is 0. The highest BCUT2D eigenvalue weighted by molar-refractivity contribution is 6.58. The molecule has 4 aromatic heterocycles. The predicted octanol–water partition coefficient (Wildman–Crippen LogP) is 3.27. The number of anilines is 4. The maximum atomic E-state index is 8.63. The van der Waals surface area contributed by atoms with Gasteiger partial charge in [-0.15, -0.1) is 0 Å². The van der Waals surface area contributed by atoms with Crippen molar-refractivity contribution in [3.8, 4) is 11.3 Å². The van der Waals surface area contributed by atoms with Crippen LogP contribution in [0, 0.1) is 13.8 Å². The molecule has 4 bridgehead atoms. The molecule has 4 aromatic rings. The Morgan fingerprint density at radius 3 is 1.93 bits per heavy atom. The van der Waals surface area contributed by atoms with Crippen LogP contribution < -0.4 is 25.9 Å². The molecular formula is C30H34BClN8O2.